The number of carbonyl (C=O) groups excluding carboxylic acids is 1. The summed E-state index contributed by atoms with van der Waals surface area (Å²) in [7, 11) is 3.21. The van der Waals surface area contributed by atoms with Crippen LogP contribution in [0, 0.1) is 0 Å². The summed E-state index contributed by atoms with van der Waals surface area (Å²) in [5.74, 6) is 0.403. The Labute approximate surface area is 122 Å². The highest BCUT2D eigenvalue weighted by Crippen LogP contribution is 2.15. The van der Waals surface area contributed by atoms with Crippen molar-refractivity contribution in [3.63, 3.8) is 0 Å². The van der Waals surface area contributed by atoms with Crippen molar-refractivity contribution in [3.8, 4) is 0 Å². The largest absolute Gasteiger partial charge is 0.399 e. The molecule has 110 valence electrons. The Morgan fingerprint density at radius 1 is 1.52 bits per heavy atom. The Bertz CT molecular complexity index is 636. The molecule has 7 heteroatoms. The Morgan fingerprint density at radius 3 is 2.95 bits per heavy atom. The van der Waals surface area contributed by atoms with Crippen LogP contribution in [0.25, 0.3) is 0 Å². The van der Waals surface area contributed by atoms with Gasteiger partial charge < -0.3 is 14.3 Å². The third-order valence-electron chi connectivity index (χ3n) is 3.04. The van der Waals surface area contributed by atoms with Gasteiger partial charge in [-0.15, -0.1) is 0 Å². The predicted molar refractivity (Wildman–Crippen MR) is 79.4 cm³/mol. The van der Waals surface area contributed by atoms with E-state index in [-0.39, 0.29) is 5.91 Å². The van der Waals surface area contributed by atoms with Gasteiger partial charge in [-0.1, -0.05) is 5.16 Å². The summed E-state index contributed by atoms with van der Waals surface area (Å²) < 4.78 is 1.67. The molecule has 0 radical (unpaired) electrons. The van der Waals surface area contributed by atoms with E-state index in [1.54, 1.807) is 35.0 Å². The molecular weight excluding hydrogens is 270 g/mol. The molecule has 0 aromatic carbocycles. The first kappa shape index (κ1) is 14.7. The molecule has 0 aliphatic carbocycles. The number of carbonyl (C=O) groups is 1. The van der Waals surface area contributed by atoms with Crippen molar-refractivity contribution in [2.45, 2.75) is 6.92 Å². The highest BCUT2D eigenvalue weighted by Gasteiger charge is 2.20. The minimum atomic E-state index is -0.141. The summed E-state index contributed by atoms with van der Waals surface area (Å²) in [6.45, 7) is 2.45. The maximum absolute atomic E-state index is 12.6. The molecule has 0 N–H and O–H groups in total. The van der Waals surface area contributed by atoms with Gasteiger partial charge in [-0.05, 0) is 19.1 Å². The van der Waals surface area contributed by atoms with Gasteiger partial charge in [-0.3, -0.25) is 9.78 Å². The molecule has 21 heavy (non-hydrogen) atoms. The molecule has 0 bridgehead atoms. The fourth-order valence-corrected chi connectivity index (χ4v) is 1.94. The Balaban J connectivity index is 2.31. The molecular formula is C14H17N5O2. The van der Waals surface area contributed by atoms with Gasteiger partial charge in [0.05, 0.1) is 18.1 Å². The van der Waals surface area contributed by atoms with Gasteiger partial charge in [-0.2, -0.15) is 0 Å². The number of imidazole rings is 1. The minimum absolute atomic E-state index is 0.141. The van der Waals surface area contributed by atoms with Crippen LogP contribution in [0.5, 0.6) is 0 Å². The van der Waals surface area contributed by atoms with Crippen LogP contribution in [0.1, 0.15) is 23.2 Å². The predicted octanol–water partition coefficient (Wildman–Crippen LogP) is 1.46. The maximum Gasteiger partial charge on any atom is 0.276 e. The van der Waals surface area contributed by atoms with E-state index in [4.69, 9.17) is 0 Å². The molecule has 0 spiro atoms. The van der Waals surface area contributed by atoms with E-state index in [1.165, 1.54) is 19.5 Å². The lowest BCUT2D eigenvalue weighted by Crippen LogP contribution is -2.32. The smallest absolute Gasteiger partial charge is 0.276 e. The van der Waals surface area contributed by atoms with Crippen LogP contribution in [0.4, 0.5) is 5.69 Å². The van der Waals surface area contributed by atoms with Crippen molar-refractivity contribution in [2.75, 3.05) is 18.6 Å². The SMILES string of the molecule is CCN(C(=O)c1cnc(C=NOC)n1C)c1cccnc1. The number of amides is 1. The van der Waals surface area contributed by atoms with Crippen LogP contribution >= 0.6 is 0 Å². The summed E-state index contributed by atoms with van der Waals surface area (Å²) in [4.78, 5) is 27.1. The maximum atomic E-state index is 12.6. The van der Waals surface area contributed by atoms with Crippen molar-refractivity contribution in [3.05, 3.63) is 42.2 Å². The second-order valence-electron chi connectivity index (χ2n) is 4.24. The first-order chi connectivity index (χ1) is 10.2. The van der Waals surface area contributed by atoms with Crippen LogP contribution < -0.4 is 4.90 Å². The molecule has 2 rings (SSSR count). The molecule has 0 aliphatic rings. The molecule has 0 saturated carbocycles. The third-order valence-corrected chi connectivity index (χ3v) is 3.04. The standard InChI is InChI=1S/C14H17N5O2/c1-4-19(11-6-5-7-15-8-11)14(20)12-9-16-13(18(12)2)10-17-21-3/h5-10H,4H2,1-3H3. The second-order valence-corrected chi connectivity index (χ2v) is 4.24. The summed E-state index contributed by atoms with van der Waals surface area (Å²) >= 11 is 0. The lowest BCUT2D eigenvalue weighted by atomic mass is 10.3. The number of nitrogens with zero attached hydrogens (tertiary/aromatic N) is 5. The van der Waals surface area contributed by atoms with Gasteiger partial charge in [0.15, 0.2) is 5.82 Å². The highest BCUT2D eigenvalue weighted by atomic mass is 16.6. The van der Waals surface area contributed by atoms with Crippen LogP contribution in [0.2, 0.25) is 0 Å². The highest BCUT2D eigenvalue weighted by molar-refractivity contribution is 6.05. The van der Waals surface area contributed by atoms with Crippen molar-refractivity contribution >= 4 is 17.8 Å². The van der Waals surface area contributed by atoms with Crippen molar-refractivity contribution < 1.29 is 9.63 Å². The third kappa shape index (κ3) is 3.07. The van der Waals surface area contributed by atoms with Crippen LogP contribution in [0.15, 0.2) is 35.9 Å². The fraction of sp³-hybridized carbons (Fsp3) is 0.286. The summed E-state index contributed by atoms with van der Waals surface area (Å²) in [6, 6.07) is 3.64. The molecule has 7 nitrogen and oxygen atoms in total. The topological polar surface area (TPSA) is 72.6 Å². The van der Waals surface area contributed by atoms with Crippen LogP contribution in [-0.2, 0) is 11.9 Å². The molecule has 2 aromatic rings. The average Bonchev–Trinajstić information content (AvgIpc) is 2.88. The molecule has 0 atom stereocenters. The van der Waals surface area contributed by atoms with Gasteiger partial charge in [-0.25, -0.2) is 4.98 Å². The second kappa shape index (κ2) is 6.65. The number of hydrogen-bond acceptors (Lipinski definition) is 5. The molecule has 0 unspecified atom stereocenters. The quantitative estimate of drug-likeness (QED) is 0.616. The summed E-state index contributed by atoms with van der Waals surface area (Å²) in [5, 5.41) is 3.66. The zero-order valence-corrected chi connectivity index (χ0v) is 12.2. The Kier molecular flexibility index (Phi) is 4.65. The zero-order chi connectivity index (χ0) is 15.2. The van der Waals surface area contributed by atoms with Crippen LogP contribution in [-0.4, -0.2) is 40.3 Å². The average molecular weight is 287 g/mol. The van der Waals surface area contributed by atoms with E-state index in [9.17, 15) is 4.79 Å². The first-order valence-corrected chi connectivity index (χ1v) is 6.49. The number of hydrogen-bond donors (Lipinski definition) is 0. The molecule has 0 fully saturated rings. The monoisotopic (exact) mass is 287 g/mol. The lowest BCUT2D eigenvalue weighted by molar-refractivity contribution is 0.0980. The van der Waals surface area contributed by atoms with Gasteiger partial charge >= 0.3 is 0 Å². The van der Waals surface area contributed by atoms with Gasteiger partial charge in [0.2, 0.25) is 0 Å². The molecule has 1 amide bonds. The van der Waals surface area contributed by atoms with E-state index in [2.05, 4.69) is 20.0 Å². The first-order valence-electron chi connectivity index (χ1n) is 6.49. The van der Waals surface area contributed by atoms with Gasteiger partial charge in [0.1, 0.15) is 19.0 Å². The molecule has 0 saturated heterocycles. The number of oxime groups is 1. The fourth-order valence-electron chi connectivity index (χ4n) is 1.94. The van der Waals surface area contributed by atoms with E-state index >= 15 is 0 Å². The van der Waals surface area contributed by atoms with E-state index in [0.29, 0.717) is 18.1 Å². The number of anilines is 1. The summed E-state index contributed by atoms with van der Waals surface area (Å²) in [6.07, 6.45) is 6.31. The number of rotatable bonds is 5. The van der Waals surface area contributed by atoms with E-state index in [1.807, 2.05) is 13.0 Å². The molecule has 2 heterocycles. The minimum Gasteiger partial charge on any atom is -0.399 e. The van der Waals surface area contributed by atoms with Crippen molar-refractivity contribution in [1.82, 2.24) is 14.5 Å². The normalized spacial score (nSPS) is 10.8. The van der Waals surface area contributed by atoms with E-state index in [0.717, 1.165) is 5.69 Å². The summed E-state index contributed by atoms with van der Waals surface area (Å²) in [5.41, 5.74) is 1.22. The molecule has 2 aromatic heterocycles. The lowest BCUT2D eigenvalue weighted by Gasteiger charge is -2.20. The van der Waals surface area contributed by atoms with Crippen molar-refractivity contribution in [1.29, 1.82) is 0 Å². The van der Waals surface area contributed by atoms with Crippen molar-refractivity contribution in [2.24, 2.45) is 12.2 Å². The van der Waals surface area contributed by atoms with Gasteiger partial charge in [0, 0.05) is 19.8 Å². The Hall–Kier alpha value is -2.70. The number of pyridine rings is 1. The van der Waals surface area contributed by atoms with E-state index < -0.39 is 0 Å². The number of aromatic nitrogens is 3. The van der Waals surface area contributed by atoms with Crippen LogP contribution in [0.3, 0.4) is 0 Å². The van der Waals surface area contributed by atoms with Gasteiger partial charge in [0.25, 0.3) is 5.91 Å². The molecule has 0 aliphatic heterocycles. The Morgan fingerprint density at radius 2 is 2.33 bits per heavy atom. The zero-order valence-electron chi connectivity index (χ0n) is 12.2.